The van der Waals surface area contributed by atoms with Crippen LogP contribution in [0.15, 0.2) is 6.07 Å². The number of fused-ring (bicyclic) bond motifs is 3. The highest BCUT2D eigenvalue weighted by atomic mass is 35.5. The second-order valence-electron chi connectivity index (χ2n) is 9.33. The summed E-state index contributed by atoms with van der Waals surface area (Å²) in [6.45, 7) is 12.5. The molecule has 0 bridgehead atoms. The van der Waals surface area contributed by atoms with Gasteiger partial charge in [0.05, 0.1) is 36.5 Å². The molecular weight excluding hydrogens is 378 g/mol. The van der Waals surface area contributed by atoms with Crippen molar-refractivity contribution in [2.45, 2.75) is 71.3 Å². The number of rotatable bonds is 5. The lowest BCUT2D eigenvalue weighted by molar-refractivity contribution is -0.149. The molecule has 1 fully saturated rings. The molecule has 0 spiro atoms. The Morgan fingerprint density at radius 1 is 1.32 bits per heavy atom. The molecule has 0 unspecified atom stereocenters. The Bertz CT molecular complexity index is 701. The summed E-state index contributed by atoms with van der Waals surface area (Å²) in [4.78, 5) is 2.40. The van der Waals surface area contributed by atoms with Gasteiger partial charge >= 0.3 is 0 Å². The number of halogens is 1. The number of benzene rings is 1. The summed E-state index contributed by atoms with van der Waals surface area (Å²) >= 11 is 6.77. The first-order valence-corrected chi connectivity index (χ1v) is 10.6. The summed E-state index contributed by atoms with van der Waals surface area (Å²) in [7, 11) is 1.64. The minimum Gasteiger partial charge on any atom is -0.493 e. The topological polar surface area (TPSA) is 51.2 Å². The van der Waals surface area contributed by atoms with Gasteiger partial charge in [0, 0.05) is 19.1 Å². The van der Waals surface area contributed by atoms with E-state index in [1.54, 1.807) is 7.11 Å². The van der Waals surface area contributed by atoms with Crippen molar-refractivity contribution in [2.75, 3.05) is 26.8 Å². The Labute approximate surface area is 173 Å². The molecule has 3 atom stereocenters. The highest BCUT2D eigenvalue weighted by Gasteiger charge is 2.41. The molecule has 0 aromatic heterocycles. The number of hydrogen-bond acceptors (Lipinski definition) is 5. The van der Waals surface area contributed by atoms with Crippen molar-refractivity contribution in [2.24, 2.45) is 5.92 Å². The maximum Gasteiger partial charge on any atom is 0.180 e. The number of piperidine rings is 1. The summed E-state index contributed by atoms with van der Waals surface area (Å²) in [6, 6.07) is 2.16. The molecule has 2 aliphatic heterocycles. The molecule has 158 valence electrons. The Hall–Kier alpha value is -1.01. The van der Waals surface area contributed by atoms with Gasteiger partial charge in [-0.2, -0.15) is 0 Å². The SMILES string of the molecule is COc1cc2c(c(Cl)c1OCC(C)C)CCN1C[C@@H](OC(C)(C)C)[C@H](O)C[C@H]21. The lowest BCUT2D eigenvalue weighted by Gasteiger charge is -2.47. The van der Waals surface area contributed by atoms with Crippen LogP contribution in [0.5, 0.6) is 11.5 Å². The van der Waals surface area contributed by atoms with Gasteiger partial charge in [-0.25, -0.2) is 0 Å². The summed E-state index contributed by atoms with van der Waals surface area (Å²) in [5.41, 5.74) is 1.98. The molecule has 1 saturated heterocycles. The molecule has 0 saturated carbocycles. The van der Waals surface area contributed by atoms with Crippen LogP contribution in [-0.2, 0) is 11.2 Å². The van der Waals surface area contributed by atoms with E-state index in [9.17, 15) is 5.11 Å². The van der Waals surface area contributed by atoms with E-state index in [-0.39, 0.29) is 17.7 Å². The summed E-state index contributed by atoms with van der Waals surface area (Å²) < 4.78 is 17.7. The van der Waals surface area contributed by atoms with Gasteiger partial charge in [0.15, 0.2) is 11.5 Å². The molecule has 1 aromatic carbocycles. The van der Waals surface area contributed by atoms with Crippen LogP contribution < -0.4 is 9.47 Å². The molecule has 2 heterocycles. The van der Waals surface area contributed by atoms with Gasteiger partial charge in [0.1, 0.15) is 0 Å². The molecule has 1 N–H and O–H groups in total. The Balaban J connectivity index is 1.89. The third kappa shape index (κ3) is 4.59. The fraction of sp³-hybridized carbons (Fsp3) is 0.727. The summed E-state index contributed by atoms with van der Waals surface area (Å²) in [5, 5.41) is 11.4. The largest absolute Gasteiger partial charge is 0.493 e. The lowest BCUT2D eigenvalue weighted by Crippen LogP contribution is -2.53. The zero-order valence-electron chi connectivity index (χ0n) is 17.9. The van der Waals surface area contributed by atoms with Crippen molar-refractivity contribution < 1.29 is 19.3 Å². The average Bonchev–Trinajstić information content (AvgIpc) is 2.60. The van der Waals surface area contributed by atoms with E-state index in [0.29, 0.717) is 42.0 Å². The highest BCUT2D eigenvalue weighted by molar-refractivity contribution is 6.33. The first-order valence-electron chi connectivity index (χ1n) is 10.2. The van der Waals surface area contributed by atoms with Crippen molar-refractivity contribution in [3.05, 3.63) is 22.2 Å². The van der Waals surface area contributed by atoms with Crippen molar-refractivity contribution >= 4 is 11.6 Å². The number of ether oxygens (including phenoxy) is 3. The second kappa shape index (κ2) is 8.39. The Morgan fingerprint density at radius 2 is 2.04 bits per heavy atom. The van der Waals surface area contributed by atoms with Gasteiger partial charge in [-0.3, -0.25) is 4.90 Å². The first-order chi connectivity index (χ1) is 13.1. The zero-order chi connectivity index (χ0) is 20.6. The summed E-state index contributed by atoms with van der Waals surface area (Å²) in [6.07, 6.45) is 0.793. The Kier molecular flexibility index (Phi) is 6.50. The number of methoxy groups -OCH3 is 1. The quantitative estimate of drug-likeness (QED) is 0.785. The molecule has 5 nitrogen and oxygen atoms in total. The Morgan fingerprint density at radius 3 is 2.64 bits per heavy atom. The molecule has 28 heavy (non-hydrogen) atoms. The van der Waals surface area contributed by atoms with E-state index >= 15 is 0 Å². The van der Waals surface area contributed by atoms with E-state index in [1.165, 1.54) is 0 Å². The fourth-order valence-corrected chi connectivity index (χ4v) is 4.51. The molecular formula is C22H34ClNO4. The highest BCUT2D eigenvalue weighted by Crippen LogP contribution is 2.47. The van der Waals surface area contributed by atoms with Gasteiger partial charge in [-0.15, -0.1) is 0 Å². The van der Waals surface area contributed by atoms with Crippen molar-refractivity contribution in [3.63, 3.8) is 0 Å². The van der Waals surface area contributed by atoms with E-state index in [4.69, 9.17) is 25.8 Å². The lowest BCUT2D eigenvalue weighted by atomic mass is 9.84. The van der Waals surface area contributed by atoms with Crippen molar-refractivity contribution in [1.82, 2.24) is 4.90 Å². The van der Waals surface area contributed by atoms with Gasteiger partial charge in [-0.1, -0.05) is 25.4 Å². The van der Waals surface area contributed by atoms with Crippen LogP contribution >= 0.6 is 11.6 Å². The normalized spacial score (nSPS) is 25.4. The first kappa shape index (κ1) is 21.7. The second-order valence-corrected chi connectivity index (χ2v) is 9.70. The molecule has 6 heteroatoms. The number of aliphatic hydroxyl groups is 1. The van der Waals surface area contributed by atoms with Gasteiger partial charge in [-0.05, 0) is 56.7 Å². The smallest absolute Gasteiger partial charge is 0.180 e. The van der Waals surface area contributed by atoms with Crippen LogP contribution in [0, 0.1) is 5.92 Å². The van der Waals surface area contributed by atoms with Crippen molar-refractivity contribution in [3.8, 4) is 11.5 Å². The third-order valence-electron chi connectivity index (χ3n) is 5.37. The van der Waals surface area contributed by atoms with Crippen LogP contribution in [0.3, 0.4) is 0 Å². The van der Waals surface area contributed by atoms with Crippen LogP contribution in [0.2, 0.25) is 5.02 Å². The van der Waals surface area contributed by atoms with E-state index in [1.807, 2.05) is 26.8 Å². The fourth-order valence-electron chi connectivity index (χ4n) is 4.16. The zero-order valence-corrected chi connectivity index (χ0v) is 18.7. The van der Waals surface area contributed by atoms with Crippen molar-refractivity contribution in [1.29, 1.82) is 0 Å². The van der Waals surface area contributed by atoms with E-state index < -0.39 is 6.10 Å². The minimum absolute atomic E-state index is 0.115. The molecule has 3 rings (SSSR count). The van der Waals surface area contributed by atoms with Crippen LogP contribution in [0.4, 0.5) is 0 Å². The number of hydrogen-bond donors (Lipinski definition) is 1. The van der Waals surface area contributed by atoms with Gasteiger partial charge in [0.25, 0.3) is 0 Å². The maximum atomic E-state index is 10.8. The van der Waals surface area contributed by atoms with E-state index in [0.717, 1.165) is 24.1 Å². The number of nitrogens with zero attached hydrogens (tertiary/aromatic N) is 1. The molecule has 0 aliphatic carbocycles. The average molecular weight is 412 g/mol. The standard InChI is InChI=1S/C22H34ClNO4/c1-13(2)12-27-21-18(26-6)9-15-14(20(21)23)7-8-24-11-19(28-22(3,4)5)17(25)10-16(15)24/h9,13,16-17,19,25H,7-8,10-12H2,1-6H3/t16-,17-,19-/m1/s1. The van der Waals surface area contributed by atoms with Crippen LogP contribution in [0.25, 0.3) is 0 Å². The third-order valence-corrected chi connectivity index (χ3v) is 5.77. The van der Waals surface area contributed by atoms with Gasteiger partial charge < -0.3 is 19.3 Å². The van der Waals surface area contributed by atoms with E-state index in [2.05, 4.69) is 18.7 Å². The molecule has 0 amide bonds. The molecule has 0 radical (unpaired) electrons. The predicted octanol–water partition coefficient (Wildman–Crippen LogP) is 4.23. The van der Waals surface area contributed by atoms with Crippen LogP contribution in [0.1, 0.15) is 58.2 Å². The van der Waals surface area contributed by atoms with Gasteiger partial charge in [0.2, 0.25) is 0 Å². The number of aliphatic hydroxyl groups excluding tert-OH is 1. The molecule has 2 aliphatic rings. The minimum atomic E-state index is -0.506. The molecule has 1 aromatic rings. The summed E-state index contributed by atoms with van der Waals surface area (Å²) in [5.74, 6) is 1.70. The predicted molar refractivity (Wildman–Crippen MR) is 112 cm³/mol. The maximum absolute atomic E-state index is 10.8. The monoisotopic (exact) mass is 411 g/mol. The van der Waals surface area contributed by atoms with Crippen LogP contribution in [-0.4, -0.2) is 54.6 Å².